The standard InChI is InChI=1S/C23H26ClNO2/c1-5-14-27-21-12-8-17(15-20(21)23(2,3)4)9-13-22(26)25-16-18-6-10-19(24)11-7-18/h1,6-8,10-12,15H,9,13-14,16H2,2-4H3,(H,25,26). The molecule has 0 atom stereocenters. The molecule has 4 heteroatoms. The number of halogens is 1. The molecule has 0 aromatic heterocycles. The molecule has 0 saturated heterocycles. The van der Waals surface area contributed by atoms with Gasteiger partial charge in [0.25, 0.3) is 0 Å². The summed E-state index contributed by atoms with van der Waals surface area (Å²) in [6.07, 6.45) is 6.40. The van der Waals surface area contributed by atoms with Crippen LogP contribution in [0.4, 0.5) is 0 Å². The molecule has 1 N–H and O–H groups in total. The lowest BCUT2D eigenvalue weighted by molar-refractivity contribution is -0.121. The Kier molecular flexibility index (Phi) is 7.33. The average molecular weight is 384 g/mol. The highest BCUT2D eigenvalue weighted by Crippen LogP contribution is 2.32. The van der Waals surface area contributed by atoms with E-state index in [9.17, 15) is 4.79 Å². The fourth-order valence-corrected chi connectivity index (χ4v) is 2.84. The van der Waals surface area contributed by atoms with Crippen LogP contribution in [0.1, 0.15) is 43.9 Å². The Morgan fingerprint density at radius 1 is 1.15 bits per heavy atom. The lowest BCUT2D eigenvalue weighted by Gasteiger charge is -2.23. The molecule has 0 bridgehead atoms. The van der Waals surface area contributed by atoms with E-state index >= 15 is 0 Å². The Morgan fingerprint density at radius 3 is 2.44 bits per heavy atom. The topological polar surface area (TPSA) is 38.3 Å². The highest BCUT2D eigenvalue weighted by atomic mass is 35.5. The molecule has 0 spiro atoms. The number of carbonyl (C=O) groups is 1. The number of rotatable bonds is 7. The molecular weight excluding hydrogens is 358 g/mol. The molecule has 0 saturated carbocycles. The van der Waals surface area contributed by atoms with Gasteiger partial charge in [-0.1, -0.05) is 62.6 Å². The van der Waals surface area contributed by atoms with Crippen molar-refractivity contribution in [3.8, 4) is 18.1 Å². The number of ether oxygens (including phenoxy) is 1. The van der Waals surface area contributed by atoms with Crippen LogP contribution in [-0.4, -0.2) is 12.5 Å². The molecule has 0 aliphatic carbocycles. The average Bonchev–Trinajstić information content (AvgIpc) is 2.63. The molecule has 142 valence electrons. The first kappa shape index (κ1) is 20.9. The maximum absolute atomic E-state index is 12.2. The van der Waals surface area contributed by atoms with Crippen molar-refractivity contribution in [1.29, 1.82) is 0 Å². The lowest BCUT2D eigenvalue weighted by Crippen LogP contribution is -2.23. The first-order valence-electron chi connectivity index (χ1n) is 9.00. The maximum Gasteiger partial charge on any atom is 0.220 e. The van der Waals surface area contributed by atoms with E-state index in [1.807, 2.05) is 36.4 Å². The van der Waals surface area contributed by atoms with Gasteiger partial charge in [-0.3, -0.25) is 4.79 Å². The van der Waals surface area contributed by atoms with Crippen molar-refractivity contribution in [2.45, 2.75) is 45.6 Å². The van der Waals surface area contributed by atoms with Gasteiger partial charge in [0.2, 0.25) is 5.91 Å². The zero-order valence-corrected chi connectivity index (χ0v) is 16.9. The zero-order chi connectivity index (χ0) is 19.9. The van der Waals surface area contributed by atoms with E-state index < -0.39 is 0 Å². The molecule has 0 fully saturated rings. The molecule has 2 rings (SSSR count). The van der Waals surface area contributed by atoms with Gasteiger partial charge in [-0.2, -0.15) is 0 Å². The summed E-state index contributed by atoms with van der Waals surface area (Å²) in [5.74, 6) is 3.32. The quantitative estimate of drug-likeness (QED) is 0.690. The summed E-state index contributed by atoms with van der Waals surface area (Å²) in [7, 11) is 0. The third-order valence-electron chi connectivity index (χ3n) is 4.21. The van der Waals surface area contributed by atoms with Crippen molar-refractivity contribution < 1.29 is 9.53 Å². The van der Waals surface area contributed by atoms with E-state index in [-0.39, 0.29) is 17.9 Å². The van der Waals surface area contributed by atoms with Crippen molar-refractivity contribution in [3.05, 3.63) is 64.2 Å². The number of amides is 1. The Morgan fingerprint density at radius 2 is 1.81 bits per heavy atom. The predicted octanol–water partition coefficient (Wildman–Crippen LogP) is 4.90. The molecule has 2 aromatic carbocycles. The molecule has 27 heavy (non-hydrogen) atoms. The van der Waals surface area contributed by atoms with E-state index in [1.54, 1.807) is 0 Å². The molecule has 0 radical (unpaired) electrons. The first-order valence-corrected chi connectivity index (χ1v) is 9.38. The van der Waals surface area contributed by atoms with Gasteiger partial charge in [-0.05, 0) is 46.7 Å². The highest BCUT2D eigenvalue weighted by molar-refractivity contribution is 6.30. The number of aryl methyl sites for hydroxylation is 1. The van der Waals surface area contributed by atoms with Gasteiger partial charge in [0.1, 0.15) is 12.4 Å². The molecule has 3 nitrogen and oxygen atoms in total. The summed E-state index contributed by atoms with van der Waals surface area (Å²) in [6, 6.07) is 13.5. The monoisotopic (exact) mass is 383 g/mol. The summed E-state index contributed by atoms with van der Waals surface area (Å²) in [6.45, 7) is 7.15. The van der Waals surface area contributed by atoms with Gasteiger partial charge in [0.05, 0.1) is 0 Å². The number of terminal acetylenes is 1. The minimum atomic E-state index is -0.0726. The molecule has 0 aliphatic heterocycles. The summed E-state index contributed by atoms with van der Waals surface area (Å²) >= 11 is 5.87. The van der Waals surface area contributed by atoms with Crippen molar-refractivity contribution in [2.75, 3.05) is 6.61 Å². The first-order chi connectivity index (χ1) is 12.8. The Bertz CT molecular complexity index is 814. The normalized spacial score (nSPS) is 10.9. The molecule has 1 amide bonds. The largest absolute Gasteiger partial charge is 0.481 e. The van der Waals surface area contributed by atoms with Crippen molar-refractivity contribution in [1.82, 2.24) is 5.32 Å². The van der Waals surface area contributed by atoms with Crippen LogP contribution in [0, 0.1) is 12.3 Å². The molecule has 2 aromatic rings. The number of hydrogen-bond acceptors (Lipinski definition) is 2. The Balaban J connectivity index is 1.95. The highest BCUT2D eigenvalue weighted by Gasteiger charge is 2.19. The maximum atomic E-state index is 12.2. The van der Waals surface area contributed by atoms with Crippen molar-refractivity contribution in [3.63, 3.8) is 0 Å². The number of nitrogens with one attached hydrogen (secondary N) is 1. The van der Waals surface area contributed by atoms with Crippen LogP contribution >= 0.6 is 11.6 Å². The van der Waals surface area contributed by atoms with Crippen LogP contribution in [0.5, 0.6) is 5.75 Å². The second-order valence-electron chi connectivity index (χ2n) is 7.48. The molecule has 0 aliphatic rings. The second-order valence-corrected chi connectivity index (χ2v) is 7.91. The molecular formula is C23H26ClNO2. The SMILES string of the molecule is C#CCOc1ccc(CCC(=O)NCc2ccc(Cl)cc2)cc1C(C)(C)C. The lowest BCUT2D eigenvalue weighted by atomic mass is 9.85. The van der Waals surface area contributed by atoms with Crippen molar-refractivity contribution >= 4 is 17.5 Å². The molecule has 0 heterocycles. The summed E-state index contributed by atoms with van der Waals surface area (Å²) < 4.78 is 5.66. The van der Waals surface area contributed by atoms with Crippen LogP contribution in [-0.2, 0) is 23.2 Å². The van der Waals surface area contributed by atoms with E-state index in [0.717, 1.165) is 22.4 Å². The fourth-order valence-electron chi connectivity index (χ4n) is 2.71. The third kappa shape index (κ3) is 6.66. The van der Waals surface area contributed by atoms with E-state index in [1.165, 1.54) is 0 Å². The van der Waals surface area contributed by atoms with Crippen molar-refractivity contribution in [2.24, 2.45) is 0 Å². The van der Waals surface area contributed by atoms with Gasteiger partial charge in [0.15, 0.2) is 0 Å². The van der Waals surface area contributed by atoms with Gasteiger partial charge in [-0.15, -0.1) is 6.42 Å². The Labute approximate surface area is 167 Å². The van der Waals surface area contributed by atoms with E-state index in [4.69, 9.17) is 22.8 Å². The molecule has 0 unspecified atom stereocenters. The van der Waals surface area contributed by atoms with Gasteiger partial charge in [0, 0.05) is 18.0 Å². The van der Waals surface area contributed by atoms with Gasteiger partial charge < -0.3 is 10.1 Å². The summed E-state index contributed by atoms with van der Waals surface area (Å²) in [4.78, 5) is 12.2. The van der Waals surface area contributed by atoms with Crippen LogP contribution in [0.15, 0.2) is 42.5 Å². The van der Waals surface area contributed by atoms with Gasteiger partial charge in [-0.25, -0.2) is 0 Å². The summed E-state index contributed by atoms with van der Waals surface area (Å²) in [5, 5.41) is 3.63. The van der Waals surface area contributed by atoms with Gasteiger partial charge >= 0.3 is 0 Å². The summed E-state index contributed by atoms with van der Waals surface area (Å²) in [5.41, 5.74) is 3.15. The van der Waals surface area contributed by atoms with E-state index in [0.29, 0.717) is 24.4 Å². The minimum Gasteiger partial charge on any atom is -0.481 e. The van der Waals surface area contributed by atoms with Crippen LogP contribution < -0.4 is 10.1 Å². The smallest absolute Gasteiger partial charge is 0.220 e. The number of hydrogen-bond donors (Lipinski definition) is 1. The predicted molar refractivity (Wildman–Crippen MR) is 111 cm³/mol. The van der Waals surface area contributed by atoms with Crippen LogP contribution in [0.3, 0.4) is 0 Å². The van der Waals surface area contributed by atoms with E-state index in [2.05, 4.69) is 38.1 Å². The zero-order valence-electron chi connectivity index (χ0n) is 16.1. The fraction of sp³-hybridized carbons (Fsp3) is 0.348. The van der Waals surface area contributed by atoms with Crippen LogP contribution in [0.2, 0.25) is 5.02 Å². The third-order valence-corrected chi connectivity index (χ3v) is 4.46. The number of benzene rings is 2. The van der Waals surface area contributed by atoms with Crippen LogP contribution in [0.25, 0.3) is 0 Å². The minimum absolute atomic E-state index is 0.0231. The number of carbonyl (C=O) groups excluding carboxylic acids is 1. The Hall–Kier alpha value is -2.44. The second kappa shape index (κ2) is 9.48.